The Morgan fingerprint density at radius 2 is 2.15 bits per heavy atom. The average Bonchev–Trinajstić information content (AvgIpc) is 3.30. The molecule has 4 aromatic rings. The van der Waals surface area contributed by atoms with Gasteiger partial charge in [-0.15, -0.1) is 5.10 Å². The molecule has 0 unspecified atom stereocenters. The Morgan fingerprint density at radius 3 is 2.96 bits per heavy atom. The zero-order valence-corrected chi connectivity index (χ0v) is 14.9. The quantitative estimate of drug-likeness (QED) is 0.584. The van der Waals surface area contributed by atoms with E-state index in [1.165, 1.54) is 10.6 Å². The zero-order chi connectivity index (χ0) is 18.5. The summed E-state index contributed by atoms with van der Waals surface area (Å²) < 4.78 is 17.4. The molecule has 1 aliphatic heterocycles. The molecule has 4 heterocycles. The van der Waals surface area contributed by atoms with Crippen molar-refractivity contribution < 1.29 is 4.39 Å². The van der Waals surface area contributed by atoms with Gasteiger partial charge in [-0.25, -0.2) is 14.4 Å². The fourth-order valence-corrected chi connectivity index (χ4v) is 3.80. The number of hydrogen-bond donors (Lipinski definition) is 1. The maximum absolute atomic E-state index is 14.1. The van der Waals surface area contributed by atoms with Crippen molar-refractivity contribution in [3.8, 4) is 0 Å². The monoisotopic (exact) mass is 366 g/mol. The van der Waals surface area contributed by atoms with E-state index in [4.69, 9.17) is 10.7 Å². The number of aromatic nitrogens is 6. The number of hydrogen-bond acceptors (Lipinski definition) is 6. The summed E-state index contributed by atoms with van der Waals surface area (Å²) in [7, 11) is 1.91. The van der Waals surface area contributed by atoms with Gasteiger partial charge in [0.25, 0.3) is 0 Å². The number of fused-ring (bicyclic) bond motifs is 3. The number of nitrogen functional groups attached to an aromatic ring is 1. The Morgan fingerprint density at radius 1 is 1.26 bits per heavy atom. The van der Waals surface area contributed by atoms with Crippen LogP contribution in [0.15, 0.2) is 30.6 Å². The lowest BCUT2D eigenvalue weighted by atomic mass is 9.97. The minimum Gasteiger partial charge on any atom is -0.368 e. The average molecular weight is 366 g/mol. The van der Waals surface area contributed by atoms with Crippen molar-refractivity contribution in [1.82, 2.24) is 29.4 Å². The summed E-state index contributed by atoms with van der Waals surface area (Å²) in [6.07, 6.45) is 5.92. The molecule has 8 nitrogen and oxygen atoms in total. The SMILES string of the molecule is Cn1cc(N2CCC[C@@H](c3nc4c5cccc(F)c5nc(N)n4n3)C2)cn1. The van der Waals surface area contributed by atoms with Gasteiger partial charge >= 0.3 is 0 Å². The molecule has 0 aliphatic carbocycles. The van der Waals surface area contributed by atoms with Crippen LogP contribution in [-0.4, -0.2) is 42.5 Å². The summed E-state index contributed by atoms with van der Waals surface area (Å²) >= 11 is 0. The van der Waals surface area contributed by atoms with Gasteiger partial charge in [0.15, 0.2) is 11.5 Å². The van der Waals surface area contributed by atoms with Crippen LogP contribution in [0, 0.1) is 5.82 Å². The second kappa shape index (κ2) is 5.90. The number of benzene rings is 1. The number of halogens is 1. The minimum absolute atomic E-state index is 0.140. The van der Waals surface area contributed by atoms with Crippen LogP contribution in [-0.2, 0) is 7.05 Å². The predicted molar refractivity (Wildman–Crippen MR) is 100 cm³/mol. The number of anilines is 2. The van der Waals surface area contributed by atoms with Gasteiger partial charge in [-0.2, -0.15) is 9.61 Å². The molecule has 3 aromatic heterocycles. The van der Waals surface area contributed by atoms with Crippen molar-refractivity contribution in [2.24, 2.45) is 7.05 Å². The summed E-state index contributed by atoms with van der Waals surface area (Å²) in [6.45, 7) is 1.79. The van der Waals surface area contributed by atoms with Crippen molar-refractivity contribution in [2.75, 3.05) is 23.7 Å². The molecule has 0 bridgehead atoms. The molecule has 1 fully saturated rings. The van der Waals surface area contributed by atoms with Gasteiger partial charge in [-0.05, 0) is 25.0 Å². The van der Waals surface area contributed by atoms with E-state index in [0.29, 0.717) is 16.9 Å². The number of rotatable bonds is 2. The third kappa shape index (κ3) is 2.57. The molecule has 1 aliphatic rings. The molecule has 138 valence electrons. The molecule has 27 heavy (non-hydrogen) atoms. The van der Waals surface area contributed by atoms with E-state index in [2.05, 4.69) is 20.1 Å². The predicted octanol–water partition coefficient (Wildman–Crippen LogP) is 2.12. The summed E-state index contributed by atoms with van der Waals surface area (Å²) in [5.41, 5.74) is 7.88. The first-order valence-electron chi connectivity index (χ1n) is 8.94. The first kappa shape index (κ1) is 16.0. The molecule has 1 aromatic carbocycles. The van der Waals surface area contributed by atoms with Crippen LogP contribution in [0.4, 0.5) is 16.0 Å². The smallest absolute Gasteiger partial charge is 0.223 e. The van der Waals surface area contributed by atoms with E-state index in [1.54, 1.807) is 16.8 Å². The Labute approximate surface area is 154 Å². The van der Waals surface area contributed by atoms with Crippen molar-refractivity contribution in [2.45, 2.75) is 18.8 Å². The highest BCUT2D eigenvalue weighted by atomic mass is 19.1. The fraction of sp³-hybridized carbons (Fsp3) is 0.333. The molecule has 0 amide bonds. The maximum Gasteiger partial charge on any atom is 0.223 e. The van der Waals surface area contributed by atoms with E-state index in [-0.39, 0.29) is 17.4 Å². The van der Waals surface area contributed by atoms with E-state index in [1.807, 2.05) is 19.4 Å². The van der Waals surface area contributed by atoms with Crippen LogP contribution in [0.1, 0.15) is 24.6 Å². The van der Waals surface area contributed by atoms with Crippen LogP contribution in [0.25, 0.3) is 16.6 Å². The lowest BCUT2D eigenvalue weighted by Gasteiger charge is -2.32. The van der Waals surface area contributed by atoms with Crippen LogP contribution >= 0.6 is 0 Å². The lowest BCUT2D eigenvalue weighted by Crippen LogP contribution is -2.34. The van der Waals surface area contributed by atoms with Crippen molar-refractivity contribution in [3.63, 3.8) is 0 Å². The van der Waals surface area contributed by atoms with E-state index in [0.717, 1.165) is 31.6 Å². The Hall–Kier alpha value is -3.23. The topological polar surface area (TPSA) is 90.2 Å². The Kier molecular flexibility index (Phi) is 3.49. The van der Waals surface area contributed by atoms with E-state index in [9.17, 15) is 4.39 Å². The standard InChI is InChI=1S/C18H19FN8/c1-25-10-12(8-21-25)26-7-3-4-11(9-26)16-23-17-13-5-2-6-14(19)15(13)22-18(20)27(17)24-16/h2,5-6,8,10-11H,3-4,7,9H2,1H3,(H2,20,22)/t11-/m1/s1. The van der Waals surface area contributed by atoms with Crippen molar-refractivity contribution in [1.29, 1.82) is 0 Å². The number of para-hydroxylation sites is 1. The van der Waals surface area contributed by atoms with Crippen LogP contribution in [0.5, 0.6) is 0 Å². The lowest BCUT2D eigenvalue weighted by molar-refractivity contribution is 0.491. The van der Waals surface area contributed by atoms with E-state index >= 15 is 0 Å². The fourth-order valence-electron chi connectivity index (χ4n) is 3.80. The second-order valence-corrected chi connectivity index (χ2v) is 6.97. The molecular formula is C18H19FN8. The molecule has 1 saturated heterocycles. The molecule has 0 spiro atoms. The highest BCUT2D eigenvalue weighted by molar-refractivity contribution is 5.92. The van der Waals surface area contributed by atoms with Crippen LogP contribution < -0.4 is 10.6 Å². The Balaban J connectivity index is 1.56. The normalized spacial score (nSPS) is 17.9. The highest BCUT2D eigenvalue weighted by Gasteiger charge is 2.26. The van der Waals surface area contributed by atoms with Gasteiger partial charge in [-0.1, -0.05) is 6.07 Å². The van der Waals surface area contributed by atoms with Gasteiger partial charge in [0.1, 0.15) is 11.3 Å². The van der Waals surface area contributed by atoms with Gasteiger partial charge in [0.2, 0.25) is 5.95 Å². The largest absolute Gasteiger partial charge is 0.368 e. The first-order valence-corrected chi connectivity index (χ1v) is 8.94. The van der Waals surface area contributed by atoms with Crippen molar-refractivity contribution >= 4 is 28.2 Å². The third-order valence-electron chi connectivity index (χ3n) is 5.14. The van der Waals surface area contributed by atoms with E-state index < -0.39 is 5.82 Å². The Bertz CT molecular complexity index is 1150. The summed E-state index contributed by atoms with van der Waals surface area (Å²) in [5, 5.41) is 9.47. The van der Waals surface area contributed by atoms with Crippen molar-refractivity contribution in [3.05, 3.63) is 42.2 Å². The first-order chi connectivity index (χ1) is 13.1. The number of piperidine rings is 1. The van der Waals surface area contributed by atoms with Gasteiger partial charge < -0.3 is 10.6 Å². The second-order valence-electron chi connectivity index (χ2n) is 6.97. The number of nitrogens with zero attached hydrogens (tertiary/aromatic N) is 7. The summed E-state index contributed by atoms with van der Waals surface area (Å²) in [4.78, 5) is 11.2. The third-order valence-corrected chi connectivity index (χ3v) is 5.14. The number of nitrogens with two attached hydrogens (primary N) is 1. The molecule has 2 N–H and O–H groups in total. The number of aryl methyl sites for hydroxylation is 1. The molecule has 0 radical (unpaired) electrons. The summed E-state index contributed by atoms with van der Waals surface area (Å²) in [5.74, 6) is 0.615. The van der Waals surface area contributed by atoms with Gasteiger partial charge in [0, 0.05) is 37.6 Å². The summed E-state index contributed by atoms with van der Waals surface area (Å²) in [6, 6.07) is 4.81. The zero-order valence-electron chi connectivity index (χ0n) is 14.9. The minimum atomic E-state index is -0.410. The molecule has 9 heteroatoms. The van der Waals surface area contributed by atoms with Crippen LogP contribution in [0.3, 0.4) is 0 Å². The molecular weight excluding hydrogens is 347 g/mol. The molecule has 1 atom stereocenters. The maximum atomic E-state index is 14.1. The highest BCUT2D eigenvalue weighted by Crippen LogP contribution is 2.30. The van der Waals surface area contributed by atoms with Crippen LogP contribution in [0.2, 0.25) is 0 Å². The van der Waals surface area contributed by atoms with Gasteiger partial charge in [-0.3, -0.25) is 4.68 Å². The molecule has 0 saturated carbocycles. The van der Waals surface area contributed by atoms with Gasteiger partial charge in [0.05, 0.1) is 11.9 Å². The molecule has 5 rings (SSSR count).